The molecule has 1 amide bonds. The second-order valence-corrected chi connectivity index (χ2v) is 7.95. The van der Waals surface area contributed by atoms with Gasteiger partial charge in [-0.15, -0.1) is 16.8 Å². The van der Waals surface area contributed by atoms with E-state index in [0.29, 0.717) is 17.5 Å². The number of hydrogen-bond donors (Lipinski definition) is 1. The van der Waals surface area contributed by atoms with E-state index >= 15 is 0 Å². The lowest BCUT2D eigenvalue weighted by Gasteiger charge is -2.18. The number of carbonyl (C=O) groups excluding carboxylic acids is 1. The number of thioether (sulfide) groups is 1. The maximum Gasteiger partial charge on any atom is 0.233 e. The molecule has 0 saturated carbocycles. The summed E-state index contributed by atoms with van der Waals surface area (Å²) in [5.74, 6) is 0.978. The topological polar surface area (TPSA) is 73.0 Å². The number of benzene rings is 1. The van der Waals surface area contributed by atoms with Crippen LogP contribution in [0.3, 0.4) is 0 Å². The quantitative estimate of drug-likeness (QED) is 0.433. The van der Waals surface area contributed by atoms with Gasteiger partial charge >= 0.3 is 0 Å². The van der Waals surface area contributed by atoms with Crippen molar-refractivity contribution in [1.82, 2.24) is 20.1 Å². The third-order valence-corrected chi connectivity index (χ3v) is 5.59. The monoisotopic (exact) mass is 414 g/mol. The van der Waals surface area contributed by atoms with Gasteiger partial charge in [-0.2, -0.15) is 0 Å². The molecule has 2 atom stereocenters. The number of furan rings is 1. The van der Waals surface area contributed by atoms with Gasteiger partial charge < -0.3 is 9.73 Å². The molecule has 1 aromatic carbocycles. The predicted octanol–water partition coefficient (Wildman–Crippen LogP) is 4.53. The van der Waals surface area contributed by atoms with Crippen molar-refractivity contribution in [2.45, 2.75) is 43.8 Å². The Balaban J connectivity index is 1.72. The van der Waals surface area contributed by atoms with Crippen molar-refractivity contribution in [3.05, 3.63) is 66.4 Å². The summed E-state index contributed by atoms with van der Waals surface area (Å²) in [7, 11) is 0. The zero-order valence-corrected chi connectivity index (χ0v) is 17.4. The number of rotatable bonds is 8. The molecule has 0 aliphatic rings. The number of hydrogen-bond acceptors (Lipinski definition) is 5. The van der Waals surface area contributed by atoms with Crippen LogP contribution in [0.2, 0.25) is 0 Å². The zero-order valence-electron chi connectivity index (χ0n) is 16.6. The van der Waals surface area contributed by atoms with Crippen molar-refractivity contribution in [3.8, 4) is 11.4 Å². The first-order valence-corrected chi connectivity index (χ1v) is 10.1. The highest BCUT2D eigenvalue weighted by Gasteiger charge is 2.23. The summed E-state index contributed by atoms with van der Waals surface area (Å²) in [4.78, 5) is 12.7. The van der Waals surface area contributed by atoms with Crippen molar-refractivity contribution in [3.63, 3.8) is 0 Å². The van der Waals surface area contributed by atoms with E-state index in [1.165, 1.54) is 23.9 Å². The summed E-state index contributed by atoms with van der Waals surface area (Å²) in [6.45, 7) is 9.85. The van der Waals surface area contributed by atoms with Crippen molar-refractivity contribution in [1.29, 1.82) is 0 Å². The van der Waals surface area contributed by atoms with Crippen molar-refractivity contribution >= 4 is 17.7 Å². The summed E-state index contributed by atoms with van der Waals surface area (Å²) in [6.07, 6.45) is 3.37. The third kappa shape index (κ3) is 4.76. The highest BCUT2D eigenvalue weighted by molar-refractivity contribution is 8.00. The van der Waals surface area contributed by atoms with Crippen LogP contribution in [-0.4, -0.2) is 25.9 Å². The first-order chi connectivity index (χ1) is 13.9. The van der Waals surface area contributed by atoms with E-state index in [4.69, 9.17) is 4.42 Å². The lowest BCUT2D eigenvalue weighted by Crippen LogP contribution is -2.33. The average molecular weight is 415 g/mol. The van der Waals surface area contributed by atoms with Gasteiger partial charge in [0.1, 0.15) is 11.6 Å². The van der Waals surface area contributed by atoms with Gasteiger partial charge in [0.05, 0.1) is 23.1 Å². The maximum absolute atomic E-state index is 13.1. The largest absolute Gasteiger partial charge is 0.469 e. The Kier molecular flexibility index (Phi) is 6.53. The molecule has 6 nitrogen and oxygen atoms in total. The third-order valence-electron chi connectivity index (χ3n) is 4.51. The lowest BCUT2D eigenvalue weighted by atomic mass is 10.1. The molecule has 1 N–H and O–H groups in total. The van der Waals surface area contributed by atoms with Crippen LogP contribution in [0.1, 0.15) is 31.2 Å². The fourth-order valence-corrected chi connectivity index (χ4v) is 3.73. The maximum atomic E-state index is 13.1. The second-order valence-electron chi connectivity index (χ2n) is 6.64. The second kappa shape index (κ2) is 9.09. The van der Waals surface area contributed by atoms with Gasteiger partial charge in [0.2, 0.25) is 5.91 Å². The molecule has 0 unspecified atom stereocenters. The van der Waals surface area contributed by atoms with E-state index in [0.717, 1.165) is 16.9 Å². The summed E-state index contributed by atoms with van der Waals surface area (Å²) in [5, 5.41) is 11.7. The number of nitrogens with one attached hydrogen (secondary N) is 1. The zero-order chi connectivity index (χ0) is 21.0. The van der Waals surface area contributed by atoms with Gasteiger partial charge in [0.15, 0.2) is 11.0 Å². The highest BCUT2D eigenvalue weighted by Crippen LogP contribution is 2.29. The van der Waals surface area contributed by atoms with Gasteiger partial charge in [0.25, 0.3) is 0 Å². The van der Waals surface area contributed by atoms with Crippen molar-refractivity contribution in [2.75, 3.05) is 0 Å². The lowest BCUT2D eigenvalue weighted by molar-refractivity contribution is -0.120. The number of amides is 1. The summed E-state index contributed by atoms with van der Waals surface area (Å²) in [5.41, 5.74) is 1.69. The SMILES string of the molecule is C=CCn1c(S[C@H](C)C(=O)N[C@H](C)c2ccc(F)cc2)nnc1-c1ccoc1C. The van der Waals surface area contributed by atoms with Crippen LogP contribution in [0.4, 0.5) is 4.39 Å². The summed E-state index contributed by atoms with van der Waals surface area (Å²) in [6, 6.07) is 7.70. The van der Waals surface area contributed by atoms with Crippen LogP contribution < -0.4 is 5.32 Å². The fraction of sp³-hybridized carbons (Fsp3) is 0.286. The number of aryl methyl sites for hydroxylation is 1. The fourth-order valence-electron chi connectivity index (χ4n) is 2.86. The van der Waals surface area contributed by atoms with E-state index in [2.05, 4.69) is 22.1 Å². The Hall–Kier alpha value is -2.87. The molecular formula is C21H23FN4O2S. The predicted molar refractivity (Wildman–Crippen MR) is 111 cm³/mol. The Morgan fingerprint density at radius 3 is 2.66 bits per heavy atom. The van der Waals surface area contributed by atoms with Crippen LogP contribution >= 0.6 is 11.8 Å². The van der Waals surface area contributed by atoms with E-state index in [9.17, 15) is 9.18 Å². The van der Waals surface area contributed by atoms with E-state index in [-0.39, 0.29) is 17.8 Å². The van der Waals surface area contributed by atoms with E-state index in [1.54, 1.807) is 24.5 Å². The number of allylic oxidation sites excluding steroid dienone is 1. The molecule has 29 heavy (non-hydrogen) atoms. The summed E-state index contributed by atoms with van der Waals surface area (Å²) < 4.78 is 20.4. The first kappa shape index (κ1) is 20.9. The summed E-state index contributed by atoms with van der Waals surface area (Å²) >= 11 is 1.32. The molecule has 0 radical (unpaired) electrons. The number of nitrogens with zero attached hydrogens (tertiary/aromatic N) is 3. The molecule has 8 heteroatoms. The minimum absolute atomic E-state index is 0.138. The van der Waals surface area contributed by atoms with E-state index < -0.39 is 5.25 Å². The first-order valence-electron chi connectivity index (χ1n) is 9.21. The minimum Gasteiger partial charge on any atom is -0.469 e. The Labute approximate surface area is 173 Å². The molecule has 152 valence electrons. The highest BCUT2D eigenvalue weighted by atomic mass is 32.2. The average Bonchev–Trinajstić information content (AvgIpc) is 3.28. The van der Waals surface area contributed by atoms with Gasteiger partial charge in [-0.25, -0.2) is 4.39 Å². The Morgan fingerprint density at radius 1 is 1.31 bits per heavy atom. The molecule has 0 aliphatic heterocycles. The molecule has 3 aromatic rings. The van der Waals surface area contributed by atoms with Gasteiger partial charge in [-0.1, -0.05) is 30.0 Å². The number of aromatic nitrogens is 3. The molecule has 3 rings (SSSR count). The van der Waals surface area contributed by atoms with Crippen LogP contribution in [-0.2, 0) is 11.3 Å². The molecule has 0 spiro atoms. The van der Waals surface area contributed by atoms with Crippen LogP contribution in [0.25, 0.3) is 11.4 Å². The van der Waals surface area contributed by atoms with Crippen LogP contribution in [0.15, 0.2) is 58.8 Å². The Bertz CT molecular complexity index is 997. The Morgan fingerprint density at radius 2 is 2.03 bits per heavy atom. The van der Waals surface area contributed by atoms with Gasteiger partial charge in [0, 0.05) is 6.54 Å². The molecule has 2 aromatic heterocycles. The van der Waals surface area contributed by atoms with Crippen LogP contribution in [0.5, 0.6) is 0 Å². The molecule has 0 aliphatic carbocycles. The standard InChI is InChI=1S/C21H23FN4O2S/c1-5-11-26-19(18-10-12-28-14(18)3)24-25-21(26)29-15(4)20(27)23-13(2)16-6-8-17(22)9-7-16/h5-10,12-13,15H,1,11H2,2-4H3,(H,23,27)/t13-,15-/m1/s1. The van der Waals surface area contributed by atoms with E-state index in [1.807, 2.05) is 31.4 Å². The number of carbonyl (C=O) groups is 1. The molecule has 2 heterocycles. The molecular weight excluding hydrogens is 391 g/mol. The normalized spacial score (nSPS) is 13.1. The molecule has 0 bridgehead atoms. The smallest absolute Gasteiger partial charge is 0.233 e. The van der Waals surface area contributed by atoms with Crippen LogP contribution in [0, 0.1) is 12.7 Å². The molecule has 0 fully saturated rings. The van der Waals surface area contributed by atoms with Gasteiger partial charge in [-0.05, 0) is 44.5 Å². The molecule has 0 saturated heterocycles. The minimum atomic E-state index is -0.399. The van der Waals surface area contributed by atoms with Gasteiger partial charge in [-0.3, -0.25) is 9.36 Å². The van der Waals surface area contributed by atoms with Crippen molar-refractivity contribution < 1.29 is 13.6 Å². The van der Waals surface area contributed by atoms with Crippen molar-refractivity contribution in [2.24, 2.45) is 0 Å². The number of halogens is 1.